The molecule has 0 saturated heterocycles. The summed E-state index contributed by atoms with van der Waals surface area (Å²) in [7, 11) is 0. The molecule has 2 heterocycles. The van der Waals surface area contributed by atoms with Gasteiger partial charge in [-0.2, -0.15) is 0 Å². The highest BCUT2D eigenvalue weighted by Crippen LogP contribution is 2.36. The van der Waals surface area contributed by atoms with Gasteiger partial charge in [0, 0.05) is 22.3 Å². The van der Waals surface area contributed by atoms with E-state index < -0.39 is 0 Å². The van der Waals surface area contributed by atoms with Crippen molar-refractivity contribution in [3.8, 4) is 55.9 Å². The van der Waals surface area contributed by atoms with Crippen LogP contribution in [0.25, 0.3) is 76.9 Å². The Balaban J connectivity index is 1.25. The van der Waals surface area contributed by atoms with Crippen LogP contribution in [0.15, 0.2) is 146 Å². The minimum Gasteiger partial charge on any atom is -0.236 e. The van der Waals surface area contributed by atoms with E-state index in [1.807, 2.05) is 36.4 Å². The molecule has 8 aromatic rings. The molecule has 5 heteroatoms. The van der Waals surface area contributed by atoms with Crippen molar-refractivity contribution in [2.45, 2.75) is 0 Å². The minimum absolute atomic E-state index is 0.635. The first-order chi connectivity index (χ1) is 21.3. The summed E-state index contributed by atoms with van der Waals surface area (Å²) >= 11 is 1.69. The van der Waals surface area contributed by atoms with Crippen LogP contribution in [-0.4, -0.2) is 19.9 Å². The Hall–Kier alpha value is -5.52. The maximum atomic E-state index is 5.01. The van der Waals surface area contributed by atoms with E-state index in [1.54, 1.807) is 11.3 Å². The van der Waals surface area contributed by atoms with Crippen molar-refractivity contribution in [1.29, 1.82) is 0 Å². The maximum Gasteiger partial charge on any atom is 0.164 e. The van der Waals surface area contributed by atoms with Crippen molar-refractivity contribution < 1.29 is 0 Å². The summed E-state index contributed by atoms with van der Waals surface area (Å²) < 4.78 is 1.09. The lowest BCUT2D eigenvalue weighted by Gasteiger charge is -2.09. The van der Waals surface area contributed by atoms with Crippen LogP contribution in [0.4, 0.5) is 0 Å². The molecule has 0 saturated carbocycles. The van der Waals surface area contributed by atoms with Crippen LogP contribution in [0.3, 0.4) is 0 Å². The molecule has 0 amide bonds. The van der Waals surface area contributed by atoms with Gasteiger partial charge in [-0.05, 0) is 46.2 Å². The van der Waals surface area contributed by atoms with Gasteiger partial charge in [-0.25, -0.2) is 19.9 Å². The second kappa shape index (κ2) is 10.7. The number of fused-ring (bicyclic) bond motifs is 2. The van der Waals surface area contributed by atoms with E-state index >= 15 is 0 Å². The molecule has 8 rings (SSSR count). The fourth-order valence-corrected chi connectivity index (χ4v) is 6.45. The molecule has 0 spiro atoms. The fraction of sp³-hybridized carbons (Fsp3) is 0. The van der Waals surface area contributed by atoms with Gasteiger partial charge in [0.2, 0.25) is 0 Å². The van der Waals surface area contributed by atoms with Gasteiger partial charge in [-0.15, -0.1) is 11.3 Å². The van der Waals surface area contributed by atoms with Crippen LogP contribution in [-0.2, 0) is 0 Å². The van der Waals surface area contributed by atoms with Gasteiger partial charge in [0.15, 0.2) is 17.5 Å². The Labute approximate surface area is 253 Å². The lowest BCUT2D eigenvalue weighted by atomic mass is 10.0. The molecular formula is C38H24N4S. The molecule has 0 aliphatic rings. The highest BCUT2D eigenvalue weighted by molar-refractivity contribution is 7.21. The molecule has 43 heavy (non-hydrogen) atoms. The molecular weight excluding hydrogens is 545 g/mol. The number of rotatable bonds is 5. The first-order valence-electron chi connectivity index (χ1n) is 14.1. The number of thiazole rings is 1. The van der Waals surface area contributed by atoms with Crippen LogP contribution in [0.1, 0.15) is 0 Å². The molecule has 0 unspecified atom stereocenters. The van der Waals surface area contributed by atoms with E-state index in [4.69, 9.17) is 19.9 Å². The average Bonchev–Trinajstić information content (AvgIpc) is 3.52. The molecule has 0 atom stereocenters. The Morgan fingerprint density at radius 3 is 1.77 bits per heavy atom. The maximum absolute atomic E-state index is 5.01. The van der Waals surface area contributed by atoms with Gasteiger partial charge >= 0.3 is 0 Å². The van der Waals surface area contributed by atoms with Crippen LogP contribution < -0.4 is 0 Å². The van der Waals surface area contributed by atoms with Crippen molar-refractivity contribution >= 4 is 32.3 Å². The number of nitrogens with zero attached hydrogens (tertiary/aromatic N) is 4. The van der Waals surface area contributed by atoms with Gasteiger partial charge in [0.25, 0.3) is 0 Å². The van der Waals surface area contributed by atoms with E-state index in [1.165, 1.54) is 10.8 Å². The first kappa shape index (κ1) is 25.2. The molecule has 0 N–H and O–H groups in total. The largest absolute Gasteiger partial charge is 0.236 e. The lowest BCUT2D eigenvalue weighted by Crippen LogP contribution is -2.00. The number of benzene rings is 6. The molecule has 0 bridgehead atoms. The predicted molar refractivity (Wildman–Crippen MR) is 178 cm³/mol. The molecule has 0 aliphatic carbocycles. The summed E-state index contributed by atoms with van der Waals surface area (Å²) in [5.74, 6) is 1.92. The molecule has 6 aromatic carbocycles. The van der Waals surface area contributed by atoms with E-state index in [9.17, 15) is 0 Å². The molecule has 4 nitrogen and oxygen atoms in total. The van der Waals surface area contributed by atoms with Crippen LogP contribution in [0, 0.1) is 0 Å². The third-order valence-electron chi connectivity index (χ3n) is 7.56. The van der Waals surface area contributed by atoms with Gasteiger partial charge in [-0.1, -0.05) is 121 Å². The smallest absolute Gasteiger partial charge is 0.164 e. The summed E-state index contributed by atoms with van der Waals surface area (Å²) in [5, 5.41) is 3.42. The normalized spacial score (nSPS) is 11.3. The van der Waals surface area contributed by atoms with Crippen molar-refractivity contribution in [3.05, 3.63) is 146 Å². The van der Waals surface area contributed by atoms with Crippen molar-refractivity contribution in [2.24, 2.45) is 0 Å². The SMILES string of the molecule is c1ccc(-c2cccc(-c3nc(-c4ccccc4)nc(-c4ccc5nc(-c6cccc7ccccc67)sc5c4)n3)c2)cc1. The third-order valence-corrected chi connectivity index (χ3v) is 8.61. The van der Waals surface area contributed by atoms with Gasteiger partial charge in [0.1, 0.15) is 5.01 Å². The molecule has 0 fully saturated rings. The molecule has 0 aliphatic heterocycles. The van der Waals surface area contributed by atoms with Gasteiger partial charge in [0.05, 0.1) is 10.2 Å². The van der Waals surface area contributed by atoms with E-state index in [-0.39, 0.29) is 0 Å². The Morgan fingerprint density at radius 1 is 0.395 bits per heavy atom. The molecule has 0 radical (unpaired) electrons. The summed E-state index contributed by atoms with van der Waals surface area (Å²) in [6, 6.07) is 49.9. The monoisotopic (exact) mass is 568 g/mol. The fourth-order valence-electron chi connectivity index (χ4n) is 5.41. The number of hydrogen-bond donors (Lipinski definition) is 0. The first-order valence-corrected chi connectivity index (χ1v) is 15.0. The zero-order valence-corrected chi connectivity index (χ0v) is 23.9. The van der Waals surface area contributed by atoms with Crippen molar-refractivity contribution in [1.82, 2.24) is 19.9 Å². The quantitative estimate of drug-likeness (QED) is 0.207. The summed E-state index contributed by atoms with van der Waals surface area (Å²) in [6.07, 6.45) is 0. The van der Waals surface area contributed by atoms with Crippen molar-refractivity contribution in [3.63, 3.8) is 0 Å². The number of hydrogen-bond acceptors (Lipinski definition) is 5. The van der Waals surface area contributed by atoms with Gasteiger partial charge in [-0.3, -0.25) is 0 Å². The minimum atomic E-state index is 0.635. The highest BCUT2D eigenvalue weighted by Gasteiger charge is 2.15. The Kier molecular flexibility index (Phi) is 6.28. The van der Waals surface area contributed by atoms with Gasteiger partial charge < -0.3 is 0 Å². The lowest BCUT2D eigenvalue weighted by molar-refractivity contribution is 1.07. The highest BCUT2D eigenvalue weighted by atomic mass is 32.1. The zero-order valence-electron chi connectivity index (χ0n) is 23.1. The molecule has 2 aromatic heterocycles. The van der Waals surface area contributed by atoms with Crippen molar-refractivity contribution in [2.75, 3.05) is 0 Å². The Bertz CT molecular complexity index is 2240. The zero-order chi connectivity index (χ0) is 28.6. The van der Waals surface area contributed by atoms with Crippen LogP contribution in [0.5, 0.6) is 0 Å². The Morgan fingerprint density at radius 2 is 0.977 bits per heavy atom. The molecule has 202 valence electrons. The second-order valence-corrected chi connectivity index (χ2v) is 11.4. The van der Waals surface area contributed by atoms with Crippen LogP contribution >= 0.6 is 11.3 Å². The predicted octanol–water partition coefficient (Wildman–Crippen LogP) is 9.97. The summed E-state index contributed by atoms with van der Waals surface area (Å²) in [5.41, 5.74) is 7.20. The van der Waals surface area contributed by atoms with E-state index in [2.05, 4.69) is 109 Å². The topological polar surface area (TPSA) is 51.6 Å². The van der Waals surface area contributed by atoms with Crippen LogP contribution in [0.2, 0.25) is 0 Å². The van der Waals surface area contributed by atoms with E-state index in [0.29, 0.717) is 17.5 Å². The summed E-state index contributed by atoms with van der Waals surface area (Å²) in [6.45, 7) is 0. The number of aromatic nitrogens is 4. The third kappa shape index (κ3) is 4.86. The standard InChI is InChI=1S/C38H24N4S/c1-3-11-25(12-4-1)28-17-9-18-29(23-28)36-40-35(27-14-5-2-6-15-27)41-37(42-36)30-21-22-33-34(24-30)43-38(39-33)32-20-10-16-26-13-7-8-19-31(26)32/h1-24H. The van der Waals surface area contributed by atoms with E-state index in [0.717, 1.165) is 48.6 Å². The average molecular weight is 569 g/mol. The summed E-state index contributed by atoms with van der Waals surface area (Å²) in [4.78, 5) is 19.9. The second-order valence-electron chi connectivity index (χ2n) is 10.3.